The first kappa shape index (κ1) is 17.5. The molecule has 0 aliphatic heterocycles. The molecule has 0 aliphatic rings. The lowest BCUT2D eigenvalue weighted by Crippen LogP contribution is -2.25. The predicted octanol–water partition coefficient (Wildman–Crippen LogP) is 4.29. The Balaban J connectivity index is 1.79. The smallest absolute Gasteiger partial charge is 0.410 e. The zero-order valence-corrected chi connectivity index (χ0v) is 15.4. The summed E-state index contributed by atoms with van der Waals surface area (Å²) in [4.78, 5) is 13.2. The van der Waals surface area contributed by atoms with E-state index in [1.165, 1.54) is 4.90 Å². The van der Waals surface area contributed by atoms with E-state index in [2.05, 4.69) is 10.4 Å². The molecule has 0 bridgehead atoms. The normalized spacial score (nSPS) is 10.5. The third-order valence-corrected chi connectivity index (χ3v) is 3.90. The molecule has 6 heteroatoms. The number of hydrogen-bond acceptors (Lipinski definition) is 4. The van der Waals surface area contributed by atoms with Gasteiger partial charge >= 0.3 is 6.09 Å². The molecule has 0 spiro atoms. The highest BCUT2D eigenvalue weighted by Gasteiger charge is 2.13. The lowest BCUT2D eigenvalue weighted by molar-refractivity contribution is 0.171. The van der Waals surface area contributed by atoms with Gasteiger partial charge in [-0.05, 0) is 49.2 Å². The van der Waals surface area contributed by atoms with Crippen molar-refractivity contribution in [3.63, 3.8) is 0 Å². The Hall–Kier alpha value is -3.28. The van der Waals surface area contributed by atoms with Crippen molar-refractivity contribution in [1.82, 2.24) is 14.7 Å². The topological polar surface area (TPSA) is 59.4 Å². The molecule has 134 valence electrons. The number of ether oxygens (including phenoxy) is 1. The van der Waals surface area contributed by atoms with E-state index in [1.807, 2.05) is 73.3 Å². The number of para-hydroxylation sites is 1. The second-order valence-electron chi connectivity index (χ2n) is 6.31. The van der Waals surface area contributed by atoms with Gasteiger partial charge in [0.25, 0.3) is 0 Å². The first-order chi connectivity index (χ1) is 12.4. The summed E-state index contributed by atoms with van der Waals surface area (Å²) in [6.07, 6.45) is 1.52. The first-order valence-corrected chi connectivity index (χ1v) is 8.32. The molecule has 3 aromatic rings. The molecule has 3 rings (SSSR count). The summed E-state index contributed by atoms with van der Waals surface area (Å²) >= 11 is 0. The summed E-state index contributed by atoms with van der Waals surface area (Å²) in [5.41, 5.74) is 3.65. The van der Waals surface area contributed by atoms with Gasteiger partial charge in [-0.3, -0.25) is 0 Å². The monoisotopic (exact) mass is 350 g/mol. The molecule has 6 nitrogen and oxygen atoms in total. The molecule has 26 heavy (non-hydrogen) atoms. The van der Waals surface area contributed by atoms with E-state index in [0.717, 1.165) is 28.3 Å². The van der Waals surface area contributed by atoms with Gasteiger partial charge < -0.3 is 15.0 Å². The van der Waals surface area contributed by atoms with Crippen molar-refractivity contribution in [2.45, 2.75) is 13.8 Å². The van der Waals surface area contributed by atoms with Gasteiger partial charge in [0.2, 0.25) is 0 Å². The molecule has 1 aromatic heterocycles. The van der Waals surface area contributed by atoms with E-state index in [1.54, 1.807) is 14.1 Å². The number of benzene rings is 2. The van der Waals surface area contributed by atoms with Crippen LogP contribution in [0.5, 0.6) is 5.75 Å². The molecule has 2 aromatic carbocycles. The van der Waals surface area contributed by atoms with Crippen LogP contribution in [-0.2, 0) is 0 Å². The van der Waals surface area contributed by atoms with Crippen molar-refractivity contribution in [2.24, 2.45) is 0 Å². The van der Waals surface area contributed by atoms with Crippen LogP contribution in [0, 0.1) is 13.8 Å². The summed E-state index contributed by atoms with van der Waals surface area (Å²) < 4.78 is 7.26. The Labute approximate surface area is 153 Å². The summed E-state index contributed by atoms with van der Waals surface area (Å²) in [6.45, 7) is 3.83. The van der Waals surface area contributed by atoms with E-state index in [-0.39, 0.29) is 0 Å². The predicted molar refractivity (Wildman–Crippen MR) is 102 cm³/mol. The second kappa shape index (κ2) is 7.31. The largest absolute Gasteiger partial charge is 0.414 e. The molecule has 0 aliphatic carbocycles. The third-order valence-electron chi connectivity index (χ3n) is 3.90. The number of hydrogen-bond donors (Lipinski definition) is 1. The van der Waals surface area contributed by atoms with Crippen molar-refractivity contribution in [3.05, 3.63) is 65.9 Å². The third kappa shape index (κ3) is 3.85. The Bertz CT molecular complexity index is 894. The van der Waals surface area contributed by atoms with Gasteiger partial charge in [0, 0.05) is 32.0 Å². The summed E-state index contributed by atoms with van der Waals surface area (Å²) in [6, 6.07) is 15.7. The van der Waals surface area contributed by atoms with Crippen LogP contribution in [0.25, 0.3) is 5.69 Å². The fraction of sp³-hybridized carbons (Fsp3) is 0.200. The lowest BCUT2D eigenvalue weighted by Gasteiger charge is -2.16. The van der Waals surface area contributed by atoms with Gasteiger partial charge in [-0.1, -0.05) is 18.2 Å². The van der Waals surface area contributed by atoms with E-state index in [9.17, 15) is 4.79 Å². The number of carbonyl (C=O) groups is 1. The van der Waals surface area contributed by atoms with Crippen LogP contribution < -0.4 is 10.1 Å². The van der Waals surface area contributed by atoms with Crippen LogP contribution in [0.3, 0.4) is 0 Å². The molecule has 0 fully saturated rings. The number of nitrogens with zero attached hydrogens (tertiary/aromatic N) is 3. The molecule has 1 amide bonds. The lowest BCUT2D eigenvalue weighted by atomic mass is 10.1. The van der Waals surface area contributed by atoms with Crippen LogP contribution in [0.2, 0.25) is 0 Å². The maximum atomic E-state index is 11.8. The van der Waals surface area contributed by atoms with Crippen molar-refractivity contribution < 1.29 is 9.53 Å². The molecule has 0 saturated carbocycles. The molecule has 1 heterocycles. The SMILES string of the molecule is Cc1cc(Nc2ccn(-c3ccccc3)n2)cc(C)c1OC(=O)N(C)C. The number of carbonyl (C=O) groups excluding carboxylic acids is 1. The highest BCUT2D eigenvalue weighted by molar-refractivity contribution is 5.72. The van der Waals surface area contributed by atoms with E-state index in [0.29, 0.717) is 5.75 Å². The summed E-state index contributed by atoms with van der Waals surface area (Å²) in [5.74, 6) is 1.33. The van der Waals surface area contributed by atoms with Crippen molar-refractivity contribution >= 4 is 17.6 Å². The van der Waals surface area contributed by atoms with Crippen molar-refractivity contribution in [1.29, 1.82) is 0 Å². The number of aromatic nitrogens is 2. The Morgan fingerprint density at radius 1 is 1.08 bits per heavy atom. The van der Waals surface area contributed by atoms with Crippen LogP contribution >= 0.6 is 0 Å². The summed E-state index contributed by atoms with van der Waals surface area (Å²) in [7, 11) is 3.32. The van der Waals surface area contributed by atoms with Gasteiger partial charge in [-0.25, -0.2) is 9.48 Å². The van der Waals surface area contributed by atoms with Gasteiger partial charge in [0.15, 0.2) is 5.82 Å². The van der Waals surface area contributed by atoms with Crippen LogP contribution in [0.1, 0.15) is 11.1 Å². The maximum Gasteiger partial charge on any atom is 0.414 e. The average Bonchev–Trinajstić information content (AvgIpc) is 3.07. The highest BCUT2D eigenvalue weighted by atomic mass is 16.6. The molecule has 0 radical (unpaired) electrons. The number of aryl methyl sites for hydroxylation is 2. The van der Waals surface area contributed by atoms with Crippen molar-refractivity contribution in [2.75, 3.05) is 19.4 Å². The van der Waals surface area contributed by atoms with Crippen LogP contribution in [0.4, 0.5) is 16.3 Å². The molecular weight excluding hydrogens is 328 g/mol. The van der Waals surface area contributed by atoms with Gasteiger partial charge in [0.1, 0.15) is 5.75 Å². The fourth-order valence-corrected chi connectivity index (χ4v) is 2.63. The molecule has 0 atom stereocenters. The van der Waals surface area contributed by atoms with Crippen LogP contribution in [0.15, 0.2) is 54.7 Å². The van der Waals surface area contributed by atoms with Gasteiger partial charge in [-0.2, -0.15) is 5.10 Å². The maximum absolute atomic E-state index is 11.8. The minimum absolute atomic E-state index is 0.390. The fourth-order valence-electron chi connectivity index (χ4n) is 2.63. The minimum Gasteiger partial charge on any atom is -0.410 e. The number of rotatable bonds is 4. The number of nitrogens with one attached hydrogen (secondary N) is 1. The average molecular weight is 350 g/mol. The highest BCUT2D eigenvalue weighted by Crippen LogP contribution is 2.29. The molecule has 0 saturated heterocycles. The minimum atomic E-state index is -0.390. The Kier molecular flexibility index (Phi) is 4.93. The first-order valence-electron chi connectivity index (χ1n) is 8.32. The Morgan fingerprint density at radius 3 is 2.35 bits per heavy atom. The van der Waals surface area contributed by atoms with E-state index in [4.69, 9.17) is 4.74 Å². The zero-order valence-electron chi connectivity index (χ0n) is 15.4. The molecule has 0 unspecified atom stereocenters. The molecule has 1 N–H and O–H groups in total. The number of amides is 1. The van der Waals surface area contributed by atoms with E-state index < -0.39 is 6.09 Å². The zero-order chi connectivity index (χ0) is 18.7. The second-order valence-corrected chi connectivity index (χ2v) is 6.31. The van der Waals surface area contributed by atoms with E-state index >= 15 is 0 Å². The standard InChI is InChI=1S/C20H22N4O2/c1-14-12-16(13-15(2)19(14)26-20(25)23(3)4)21-18-10-11-24(22-18)17-8-6-5-7-9-17/h5-13H,1-4H3,(H,21,22). The quantitative estimate of drug-likeness (QED) is 0.762. The van der Waals surface area contributed by atoms with Gasteiger partial charge in [-0.15, -0.1) is 0 Å². The summed E-state index contributed by atoms with van der Waals surface area (Å²) in [5, 5.41) is 7.84. The Morgan fingerprint density at radius 2 is 1.73 bits per heavy atom. The van der Waals surface area contributed by atoms with Gasteiger partial charge in [0.05, 0.1) is 5.69 Å². The van der Waals surface area contributed by atoms with Crippen LogP contribution in [-0.4, -0.2) is 34.9 Å². The number of anilines is 2. The van der Waals surface area contributed by atoms with Crippen molar-refractivity contribution in [3.8, 4) is 11.4 Å². The molecular formula is C20H22N4O2.